The van der Waals surface area contributed by atoms with Gasteiger partial charge in [-0.2, -0.15) is 0 Å². The number of sulfonamides is 1. The van der Waals surface area contributed by atoms with Crippen LogP contribution < -0.4 is 9.46 Å². The molecule has 114 valence electrons. The highest BCUT2D eigenvalue weighted by Crippen LogP contribution is 2.35. The van der Waals surface area contributed by atoms with Gasteiger partial charge in [-0.25, -0.2) is 8.42 Å². The molecule has 2 rings (SSSR count). The lowest BCUT2D eigenvalue weighted by atomic mass is 10.3. The number of hydrogen-bond acceptors (Lipinski definition) is 5. The van der Waals surface area contributed by atoms with Crippen molar-refractivity contribution in [2.24, 2.45) is 0 Å². The molecule has 0 bridgehead atoms. The van der Waals surface area contributed by atoms with E-state index in [0.29, 0.717) is 25.3 Å². The van der Waals surface area contributed by atoms with Crippen LogP contribution in [-0.2, 0) is 16.6 Å². The normalized spacial score (nSPS) is 11.4. The quantitative estimate of drug-likeness (QED) is 0.720. The maximum absolute atomic E-state index is 12.3. The zero-order valence-corrected chi connectivity index (χ0v) is 15.6. The minimum absolute atomic E-state index is 0.116. The number of halogens is 2. The summed E-state index contributed by atoms with van der Waals surface area (Å²) in [7, 11) is -2.22. The predicted molar refractivity (Wildman–Crippen MR) is 89.4 cm³/mol. The SMILES string of the molecule is COc1cc(NS(=O)(=O)c2csc(CO)c2)c(Br)cc1Br. The fourth-order valence-electron chi connectivity index (χ4n) is 1.55. The van der Waals surface area contributed by atoms with Crippen molar-refractivity contribution in [1.29, 1.82) is 0 Å². The summed E-state index contributed by atoms with van der Waals surface area (Å²) in [5, 5.41) is 10.5. The van der Waals surface area contributed by atoms with E-state index in [4.69, 9.17) is 9.84 Å². The summed E-state index contributed by atoms with van der Waals surface area (Å²) < 4.78 is 33.5. The molecule has 1 heterocycles. The van der Waals surface area contributed by atoms with Gasteiger partial charge in [0.25, 0.3) is 10.0 Å². The van der Waals surface area contributed by atoms with E-state index in [9.17, 15) is 8.42 Å². The van der Waals surface area contributed by atoms with Crippen molar-refractivity contribution < 1.29 is 18.3 Å². The van der Waals surface area contributed by atoms with E-state index >= 15 is 0 Å². The van der Waals surface area contributed by atoms with Gasteiger partial charge in [-0.3, -0.25) is 4.72 Å². The molecule has 2 N–H and O–H groups in total. The maximum Gasteiger partial charge on any atom is 0.262 e. The highest BCUT2D eigenvalue weighted by Gasteiger charge is 2.18. The molecular weight excluding hydrogens is 446 g/mol. The molecule has 0 saturated carbocycles. The molecular formula is C12H11Br2NO4S2. The molecule has 0 amide bonds. The van der Waals surface area contributed by atoms with E-state index < -0.39 is 10.0 Å². The molecule has 0 fully saturated rings. The first kappa shape index (κ1) is 16.8. The van der Waals surface area contributed by atoms with Crippen LogP contribution in [0, 0.1) is 0 Å². The van der Waals surface area contributed by atoms with Gasteiger partial charge in [0.15, 0.2) is 0 Å². The molecule has 2 aromatic rings. The summed E-state index contributed by atoms with van der Waals surface area (Å²) >= 11 is 7.81. The Morgan fingerprint density at radius 2 is 2.00 bits per heavy atom. The Labute approximate surface area is 143 Å². The van der Waals surface area contributed by atoms with Crippen molar-refractivity contribution in [3.8, 4) is 5.75 Å². The molecule has 0 radical (unpaired) electrons. The van der Waals surface area contributed by atoms with Crippen molar-refractivity contribution in [2.75, 3.05) is 11.8 Å². The van der Waals surface area contributed by atoms with Crippen molar-refractivity contribution in [2.45, 2.75) is 11.5 Å². The second-order valence-corrected chi connectivity index (χ2v) is 8.37. The summed E-state index contributed by atoms with van der Waals surface area (Å²) in [6.45, 7) is -0.185. The Morgan fingerprint density at radius 3 is 2.57 bits per heavy atom. The Hall–Kier alpha value is -0.610. The van der Waals surface area contributed by atoms with Crippen molar-refractivity contribution in [3.05, 3.63) is 37.4 Å². The van der Waals surface area contributed by atoms with E-state index in [1.807, 2.05) is 0 Å². The van der Waals surface area contributed by atoms with Crippen LogP contribution in [0.2, 0.25) is 0 Å². The number of benzene rings is 1. The van der Waals surface area contributed by atoms with E-state index in [-0.39, 0.29) is 11.5 Å². The molecule has 0 atom stereocenters. The lowest BCUT2D eigenvalue weighted by Crippen LogP contribution is -2.12. The third-order valence-electron chi connectivity index (χ3n) is 2.58. The smallest absolute Gasteiger partial charge is 0.262 e. The topological polar surface area (TPSA) is 75.6 Å². The number of thiophene rings is 1. The second kappa shape index (κ2) is 6.66. The number of hydrogen-bond donors (Lipinski definition) is 2. The Bertz CT molecular complexity index is 759. The van der Waals surface area contributed by atoms with Crippen LogP contribution in [0.25, 0.3) is 0 Å². The van der Waals surface area contributed by atoms with Gasteiger partial charge in [0.05, 0.1) is 28.8 Å². The maximum atomic E-state index is 12.3. The number of aliphatic hydroxyl groups is 1. The average molecular weight is 457 g/mol. The largest absolute Gasteiger partial charge is 0.495 e. The molecule has 21 heavy (non-hydrogen) atoms. The number of methoxy groups -OCH3 is 1. The molecule has 5 nitrogen and oxygen atoms in total. The van der Waals surface area contributed by atoms with Crippen LogP contribution in [0.4, 0.5) is 5.69 Å². The van der Waals surface area contributed by atoms with Crippen LogP contribution in [-0.4, -0.2) is 20.6 Å². The van der Waals surface area contributed by atoms with E-state index in [2.05, 4.69) is 36.6 Å². The van der Waals surface area contributed by atoms with Crippen LogP contribution in [0.15, 0.2) is 37.4 Å². The first-order chi connectivity index (χ1) is 9.87. The van der Waals surface area contributed by atoms with E-state index in [1.54, 1.807) is 12.1 Å². The molecule has 1 aromatic heterocycles. The summed E-state index contributed by atoms with van der Waals surface area (Å²) in [4.78, 5) is 0.702. The summed E-state index contributed by atoms with van der Waals surface area (Å²) in [5.74, 6) is 0.511. The van der Waals surface area contributed by atoms with Gasteiger partial charge in [-0.15, -0.1) is 11.3 Å². The van der Waals surface area contributed by atoms with Crippen LogP contribution in [0.5, 0.6) is 5.75 Å². The number of anilines is 1. The molecule has 0 aliphatic heterocycles. The average Bonchev–Trinajstić information content (AvgIpc) is 2.91. The minimum atomic E-state index is -3.71. The van der Waals surface area contributed by atoms with Gasteiger partial charge in [0.2, 0.25) is 0 Å². The fourth-order valence-corrected chi connectivity index (χ4v) is 5.14. The van der Waals surface area contributed by atoms with Gasteiger partial charge in [0.1, 0.15) is 5.75 Å². The van der Waals surface area contributed by atoms with Crippen LogP contribution in [0.3, 0.4) is 0 Å². The standard InChI is InChI=1S/C12H11Br2NO4S2/c1-19-12-4-11(9(13)3-10(12)14)15-21(17,18)8-2-7(5-16)20-6-8/h2-4,6,15-16H,5H2,1H3. The molecule has 0 aliphatic rings. The summed E-state index contributed by atoms with van der Waals surface area (Å²) in [6, 6.07) is 4.71. The molecule has 1 aromatic carbocycles. The lowest BCUT2D eigenvalue weighted by molar-refractivity contribution is 0.285. The molecule has 0 aliphatic carbocycles. The summed E-state index contributed by atoms with van der Waals surface area (Å²) in [6.07, 6.45) is 0. The van der Waals surface area contributed by atoms with Gasteiger partial charge in [-0.1, -0.05) is 0 Å². The lowest BCUT2D eigenvalue weighted by Gasteiger charge is -2.11. The first-order valence-electron chi connectivity index (χ1n) is 5.61. The molecule has 0 unspecified atom stereocenters. The second-order valence-electron chi connectivity index (χ2n) is 3.98. The zero-order chi connectivity index (χ0) is 15.6. The number of rotatable bonds is 5. The monoisotopic (exact) mass is 455 g/mol. The Kier molecular flexibility index (Phi) is 5.31. The third kappa shape index (κ3) is 3.78. The van der Waals surface area contributed by atoms with Crippen molar-refractivity contribution in [3.63, 3.8) is 0 Å². The third-order valence-corrected chi connectivity index (χ3v) is 6.27. The minimum Gasteiger partial charge on any atom is -0.495 e. The van der Waals surface area contributed by atoms with Crippen molar-refractivity contribution >= 4 is 58.9 Å². The van der Waals surface area contributed by atoms with Gasteiger partial charge in [0, 0.05) is 20.8 Å². The van der Waals surface area contributed by atoms with E-state index in [0.717, 1.165) is 0 Å². The van der Waals surface area contributed by atoms with Crippen LogP contribution in [0.1, 0.15) is 4.88 Å². The first-order valence-corrected chi connectivity index (χ1v) is 9.56. The zero-order valence-electron chi connectivity index (χ0n) is 10.8. The van der Waals surface area contributed by atoms with Gasteiger partial charge < -0.3 is 9.84 Å². The van der Waals surface area contributed by atoms with Crippen molar-refractivity contribution in [1.82, 2.24) is 0 Å². The number of aliphatic hydroxyl groups excluding tert-OH is 1. The number of nitrogens with one attached hydrogen (secondary N) is 1. The Balaban J connectivity index is 2.36. The molecule has 0 saturated heterocycles. The summed E-state index contributed by atoms with van der Waals surface area (Å²) in [5.41, 5.74) is 0.367. The van der Waals surface area contributed by atoms with Gasteiger partial charge >= 0.3 is 0 Å². The fraction of sp³-hybridized carbons (Fsp3) is 0.167. The van der Waals surface area contributed by atoms with E-state index in [1.165, 1.54) is 29.9 Å². The number of ether oxygens (including phenoxy) is 1. The molecule has 9 heteroatoms. The highest BCUT2D eigenvalue weighted by molar-refractivity contribution is 9.11. The van der Waals surface area contributed by atoms with Gasteiger partial charge in [-0.05, 0) is 44.0 Å². The predicted octanol–water partition coefficient (Wildman–Crippen LogP) is 3.57. The highest BCUT2D eigenvalue weighted by atomic mass is 79.9. The Morgan fingerprint density at radius 1 is 1.29 bits per heavy atom. The van der Waals surface area contributed by atoms with Crippen LogP contribution >= 0.6 is 43.2 Å². The molecule has 0 spiro atoms.